The van der Waals surface area contributed by atoms with Gasteiger partial charge in [-0.3, -0.25) is 4.79 Å². The van der Waals surface area contributed by atoms with Crippen molar-refractivity contribution >= 4 is 5.91 Å². The molecule has 1 aliphatic carbocycles. The lowest BCUT2D eigenvalue weighted by Crippen LogP contribution is -2.44. The third kappa shape index (κ3) is 2.65. The van der Waals surface area contributed by atoms with Crippen molar-refractivity contribution in [2.75, 3.05) is 13.1 Å². The van der Waals surface area contributed by atoms with Gasteiger partial charge in [0.2, 0.25) is 5.91 Å². The van der Waals surface area contributed by atoms with E-state index in [9.17, 15) is 4.79 Å². The molecule has 2 fully saturated rings. The molecular weight excluding hydrogens is 212 g/mol. The highest BCUT2D eigenvalue weighted by Crippen LogP contribution is 2.36. The fourth-order valence-corrected chi connectivity index (χ4v) is 3.60. The van der Waals surface area contributed by atoms with Gasteiger partial charge in [-0.15, -0.1) is 0 Å². The second-order valence-electron chi connectivity index (χ2n) is 5.65. The van der Waals surface area contributed by atoms with Crippen LogP contribution in [-0.2, 0) is 4.79 Å². The van der Waals surface area contributed by atoms with Crippen LogP contribution in [0.2, 0.25) is 0 Å². The molecule has 0 aromatic carbocycles. The van der Waals surface area contributed by atoms with Crippen molar-refractivity contribution in [3.8, 4) is 0 Å². The lowest BCUT2D eigenvalue weighted by Gasteiger charge is -2.33. The Morgan fingerprint density at radius 3 is 2.82 bits per heavy atom. The maximum atomic E-state index is 12.5. The monoisotopic (exact) mass is 238 g/mol. The second-order valence-corrected chi connectivity index (χ2v) is 5.65. The topological polar surface area (TPSA) is 46.3 Å². The Hall–Kier alpha value is -0.570. The molecule has 1 amide bonds. The number of rotatable bonds is 4. The zero-order valence-electron chi connectivity index (χ0n) is 11.0. The van der Waals surface area contributed by atoms with Gasteiger partial charge in [0.25, 0.3) is 0 Å². The maximum Gasteiger partial charge on any atom is 0.227 e. The molecule has 2 N–H and O–H groups in total. The molecule has 3 nitrogen and oxygen atoms in total. The molecule has 1 heterocycles. The molecule has 1 aliphatic heterocycles. The number of amides is 1. The summed E-state index contributed by atoms with van der Waals surface area (Å²) in [6, 6.07) is 0.544. The maximum absolute atomic E-state index is 12.5. The summed E-state index contributed by atoms with van der Waals surface area (Å²) in [6.07, 6.45) is 8.43. The van der Waals surface area contributed by atoms with Crippen LogP contribution in [0.25, 0.3) is 0 Å². The highest BCUT2D eigenvalue weighted by molar-refractivity contribution is 5.79. The number of hydrogen-bond donors (Lipinski definition) is 1. The number of carbonyl (C=O) groups excluding carboxylic acids is 1. The first-order valence-corrected chi connectivity index (χ1v) is 7.28. The molecule has 98 valence electrons. The van der Waals surface area contributed by atoms with Gasteiger partial charge < -0.3 is 10.6 Å². The van der Waals surface area contributed by atoms with Gasteiger partial charge in [0.15, 0.2) is 0 Å². The van der Waals surface area contributed by atoms with E-state index in [1.807, 2.05) is 0 Å². The largest absolute Gasteiger partial charge is 0.339 e. The molecule has 0 aromatic rings. The van der Waals surface area contributed by atoms with E-state index in [4.69, 9.17) is 5.73 Å². The minimum Gasteiger partial charge on any atom is -0.339 e. The second kappa shape index (κ2) is 5.85. The number of carbonyl (C=O) groups is 1. The van der Waals surface area contributed by atoms with Crippen molar-refractivity contribution in [2.24, 2.45) is 17.6 Å². The standard InChI is InChI=1S/C14H26N2O/c1-2-5-12(10-15)14(17)16-9-8-11-6-3-4-7-13(11)16/h11-13H,2-10,15H2,1H3. The van der Waals surface area contributed by atoms with Crippen LogP contribution in [0.5, 0.6) is 0 Å². The van der Waals surface area contributed by atoms with Crippen LogP contribution in [0.1, 0.15) is 51.9 Å². The minimum atomic E-state index is 0.0701. The van der Waals surface area contributed by atoms with E-state index in [2.05, 4.69) is 11.8 Å². The summed E-state index contributed by atoms with van der Waals surface area (Å²) in [5, 5.41) is 0. The molecule has 0 radical (unpaired) electrons. The minimum absolute atomic E-state index is 0.0701. The van der Waals surface area contributed by atoms with Crippen LogP contribution in [-0.4, -0.2) is 29.9 Å². The molecule has 0 aromatic heterocycles. The van der Waals surface area contributed by atoms with E-state index in [-0.39, 0.29) is 5.92 Å². The third-order valence-corrected chi connectivity index (χ3v) is 4.56. The first kappa shape index (κ1) is 12.9. The quantitative estimate of drug-likeness (QED) is 0.815. The van der Waals surface area contributed by atoms with Crippen LogP contribution in [0.15, 0.2) is 0 Å². The molecule has 2 aliphatic rings. The number of hydrogen-bond acceptors (Lipinski definition) is 2. The van der Waals surface area contributed by atoms with Gasteiger partial charge in [-0.2, -0.15) is 0 Å². The average Bonchev–Trinajstić information content (AvgIpc) is 2.79. The van der Waals surface area contributed by atoms with Crippen molar-refractivity contribution in [1.29, 1.82) is 0 Å². The van der Waals surface area contributed by atoms with Crippen molar-refractivity contribution in [3.05, 3.63) is 0 Å². The average molecular weight is 238 g/mol. The first-order chi connectivity index (χ1) is 8.27. The van der Waals surface area contributed by atoms with Crippen LogP contribution < -0.4 is 5.73 Å². The van der Waals surface area contributed by atoms with Crippen molar-refractivity contribution in [1.82, 2.24) is 4.90 Å². The van der Waals surface area contributed by atoms with Gasteiger partial charge in [-0.05, 0) is 31.6 Å². The van der Waals surface area contributed by atoms with Gasteiger partial charge in [-0.25, -0.2) is 0 Å². The molecule has 3 unspecified atom stereocenters. The van der Waals surface area contributed by atoms with Gasteiger partial charge in [-0.1, -0.05) is 26.2 Å². The fourth-order valence-electron chi connectivity index (χ4n) is 3.60. The summed E-state index contributed by atoms with van der Waals surface area (Å²) in [7, 11) is 0. The normalized spacial score (nSPS) is 30.1. The molecule has 1 saturated carbocycles. The molecular formula is C14H26N2O. The number of likely N-dealkylation sites (tertiary alicyclic amines) is 1. The van der Waals surface area contributed by atoms with E-state index in [1.54, 1.807) is 0 Å². The predicted molar refractivity (Wildman–Crippen MR) is 69.5 cm³/mol. The first-order valence-electron chi connectivity index (χ1n) is 7.28. The van der Waals surface area contributed by atoms with E-state index in [0.717, 1.165) is 25.3 Å². The molecule has 3 heteroatoms. The summed E-state index contributed by atoms with van der Waals surface area (Å²) in [4.78, 5) is 14.6. The van der Waals surface area contributed by atoms with E-state index in [0.29, 0.717) is 18.5 Å². The third-order valence-electron chi connectivity index (χ3n) is 4.56. The molecule has 2 rings (SSSR count). The van der Waals surface area contributed by atoms with Gasteiger partial charge in [0, 0.05) is 19.1 Å². The molecule has 0 bridgehead atoms. The smallest absolute Gasteiger partial charge is 0.227 e. The molecule has 3 atom stereocenters. The van der Waals surface area contributed by atoms with Crippen LogP contribution in [0.4, 0.5) is 0 Å². The summed E-state index contributed by atoms with van der Waals surface area (Å²) in [5.41, 5.74) is 5.75. The van der Waals surface area contributed by atoms with Gasteiger partial charge >= 0.3 is 0 Å². The Bertz CT molecular complexity index is 267. The molecule has 17 heavy (non-hydrogen) atoms. The summed E-state index contributed by atoms with van der Waals surface area (Å²) >= 11 is 0. The fraction of sp³-hybridized carbons (Fsp3) is 0.929. The Morgan fingerprint density at radius 1 is 1.35 bits per heavy atom. The zero-order chi connectivity index (χ0) is 12.3. The molecule has 1 saturated heterocycles. The number of fused-ring (bicyclic) bond motifs is 1. The Balaban J connectivity index is 1.99. The zero-order valence-corrected chi connectivity index (χ0v) is 11.0. The molecule has 0 spiro atoms. The van der Waals surface area contributed by atoms with Crippen molar-refractivity contribution in [2.45, 2.75) is 57.9 Å². The van der Waals surface area contributed by atoms with E-state index in [1.165, 1.54) is 32.1 Å². The van der Waals surface area contributed by atoms with Gasteiger partial charge in [0.1, 0.15) is 0 Å². The van der Waals surface area contributed by atoms with Crippen LogP contribution in [0, 0.1) is 11.8 Å². The van der Waals surface area contributed by atoms with E-state index < -0.39 is 0 Å². The lowest BCUT2D eigenvalue weighted by atomic mass is 9.85. The Morgan fingerprint density at radius 2 is 2.12 bits per heavy atom. The van der Waals surface area contributed by atoms with Crippen LogP contribution >= 0.6 is 0 Å². The summed E-state index contributed by atoms with van der Waals surface area (Å²) in [5.74, 6) is 1.19. The van der Waals surface area contributed by atoms with Gasteiger partial charge in [0.05, 0.1) is 5.92 Å². The predicted octanol–water partition coefficient (Wildman–Crippen LogP) is 2.15. The Labute approximate surface area is 105 Å². The summed E-state index contributed by atoms with van der Waals surface area (Å²) < 4.78 is 0. The number of nitrogens with zero attached hydrogens (tertiary/aromatic N) is 1. The Kier molecular flexibility index (Phi) is 4.43. The highest BCUT2D eigenvalue weighted by atomic mass is 16.2. The van der Waals surface area contributed by atoms with Crippen LogP contribution in [0.3, 0.4) is 0 Å². The SMILES string of the molecule is CCCC(CN)C(=O)N1CCC2CCCCC21. The van der Waals surface area contributed by atoms with Crippen molar-refractivity contribution in [3.63, 3.8) is 0 Å². The lowest BCUT2D eigenvalue weighted by molar-refractivity contribution is -0.137. The number of nitrogens with two attached hydrogens (primary N) is 1. The summed E-state index contributed by atoms with van der Waals surface area (Å²) in [6.45, 7) is 3.62. The van der Waals surface area contributed by atoms with E-state index >= 15 is 0 Å². The van der Waals surface area contributed by atoms with Crippen molar-refractivity contribution < 1.29 is 4.79 Å². The highest BCUT2D eigenvalue weighted by Gasteiger charge is 2.39.